The average molecular weight is 569 g/mol. The van der Waals surface area contributed by atoms with Gasteiger partial charge in [0.2, 0.25) is 5.91 Å². The van der Waals surface area contributed by atoms with E-state index in [9.17, 15) is 23.2 Å². The largest absolute Gasteiger partial charge is 0.433 e. The first-order valence-electron chi connectivity index (χ1n) is 12.4. The van der Waals surface area contributed by atoms with Crippen molar-refractivity contribution in [1.82, 2.24) is 10.2 Å². The fourth-order valence-corrected chi connectivity index (χ4v) is 5.54. The summed E-state index contributed by atoms with van der Waals surface area (Å²) < 4.78 is 36.9. The molecule has 9 nitrogen and oxygen atoms in total. The van der Waals surface area contributed by atoms with Gasteiger partial charge in [0.15, 0.2) is 5.75 Å². The lowest BCUT2D eigenvalue weighted by molar-refractivity contribution is -0.125. The molecule has 1 saturated heterocycles. The molecule has 2 aromatic rings. The van der Waals surface area contributed by atoms with Gasteiger partial charge < -0.3 is 25.0 Å². The van der Waals surface area contributed by atoms with Crippen molar-refractivity contribution in [3.05, 3.63) is 39.5 Å². The number of morpholine rings is 1. The molecule has 3 fully saturated rings. The van der Waals surface area contributed by atoms with E-state index in [4.69, 9.17) is 21.1 Å². The van der Waals surface area contributed by atoms with Gasteiger partial charge in [0.05, 0.1) is 21.5 Å². The van der Waals surface area contributed by atoms with Crippen molar-refractivity contribution < 1.29 is 32.6 Å². The first-order chi connectivity index (χ1) is 18.3. The van der Waals surface area contributed by atoms with Crippen molar-refractivity contribution in [3.63, 3.8) is 0 Å². The molecule has 13 heteroatoms. The fraction of sp³-hybridized carbons (Fsp3) is 0.480. The summed E-state index contributed by atoms with van der Waals surface area (Å²) in [5, 5.41) is 5.57. The van der Waals surface area contributed by atoms with Crippen LogP contribution in [0.3, 0.4) is 0 Å². The van der Waals surface area contributed by atoms with Crippen LogP contribution in [0.15, 0.2) is 30.3 Å². The predicted octanol–water partition coefficient (Wildman–Crippen LogP) is 3.73. The molecule has 1 aliphatic heterocycles. The van der Waals surface area contributed by atoms with Gasteiger partial charge in [-0.25, -0.2) is 0 Å². The van der Waals surface area contributed by atoms with Crippen molar-refractivity contribution in [2.24, 2.45) is 0 Å². The third-order valence-corrected chi connectivity index (χ3v) is 7.82. The number of amides is 3. The Morgan fingerprint density at radius 1 is 1.18 bits per heavy atom. The summed E-state index contributed by atoms with van der Waals surface area (Å²) in [6.45, 7) is -2.61. The van der Waals surface area contributed by atoms with Crippen LogP contribution in [-0.4, -0.2) is 73.7 Å². The molecule has 2 heterocycles. The number of ether oxygens (including phenoxy) is 2. The van der Waals surface area contributed by atoms with E-state index in [1.807, 2.05) is 0 Å². The number of benzene rings is 1. The second kappa shape index (κ2) is 11.5. The summed E-state index contributed by atoms with van der Waals surface area (Å²) >= 11 is 7.09. The quantitative estimate of drug-likeness (QED) is 0.428. The van der Waals surface area contributed by atoms with Crippen LogP contribution in [0, 0.1) is 0 Å². The summed E-state index contributed by atoms with van der Waals surface area (Å²) in [4.78, 5) is 42.5. The van der Waals surface area contributed by atoms with Crippen LogP contribution in [0.2, 0.25) is 4.34 Å². The molecular weight excluding hydrogens is 542 g/mol. The highest BCUT2D eigenvalue weighted by Crippen LogP contribution is 2.39. The van der Waals surface area contributed by atoms with Crippen molar-refractivity contribution in [3.8, 4) is 5.75 Å². The average Bonchev–Trinajstić information content (AvgIpc) is 3.82. The van der Waals surface area contributed by atoms with E-state index >= 15 is 0 Å². The Bertz CT molecular complexity index is 1190. The molecule has 0 radical (unpaired) electrons. The molecule has 0 spiro atoms. The summed E-state index contributed by atoms with van der Waals surface area (Å²) in [6, 6.07) is 7.31. The number of anilines is 2. The van der Waals surface area contributed by atoms with Gasteiger partial charge in [-0.15, -0.1) is 11.3 Å². The molecule has 3 amide bonds. The Kier molecular flexibility index (Phi) is 8.12. The number of alkyl halides is 2. The standard InChI is InChI=1S/C25H27ClF2N4O5S/c26-21-8-7-20(38-21)24(35)29-12-18(32(14-1-2-14)15-3-4-15)23(34)30-17-6-5-16(11-19(17)37-25(27)28)31-9-10-36-13-22(31)33/h5-8,11,14-15,18,25H,1-4,9-10,12-13H2,(H,29,35)(H,30,34)/t18-/m1/s1. The number of hydrogen-bond donors (Lipinski definition) is 2. The van der Waals surface area contributed by atoms with E-state index in [0.29, 0.717) is 21.5 Å². The van der Waals surface area contributed by atoms with E-state index in [0.717, 1.165) is 37.0 Å². The highest BCUT2D eigenvalue weighted by atomic mass is 35.5. The van der Waals surface area contributed by atoms with Gasteiger partial charge in [-0.1, -0.05) is 11.6 Å². The van der Waals surface area contributed by atoms with Gasteiger partial charge >= 0.3 is 6.61 Å². The second-order valence-electron chi connectivity index (χ2n) is 9.39. The van der Waals surface area contributed by atoms with Crippen molar-refractivity contribution >= 4 is 52.0 Å². The van der Waals surface area contributed by atoms with Gasteiger partial charge in [0, 0.05) is 36.9 Å². The molecule has 0 unspecified atom stereocenters. The fourth-order valence-electron chi connectivity index (χ4n) is 4.58. The van der Waals surface area contributed by atoms with Crippen molar-refractivity contribution in [1.29, 1.82) is 0 Å². The minimum Gasteiger partial charge on any atom is -0.433 e. The molecule has 2 saturated carbocycles. The number of hydrogen-bond acceptors (Lipinski definition) is 7. The Labute approximate surface area is 227 Å². The maximum absolute atomic E-state index is 13.6. The number of nitrogens with one attached hydrogen (secondary N) is 2. The van der Waals surface area contributed by atoms with Gasteiger partial charge in [-0.05, 0) is 49.9 Å². The highest BCUT2D eigenvalue weighted by Gasteiger charge is 2.45. The Morgan fingerprint density at radius 2 is 1.92 bits per heavy atom. The van der Waals surface area contributed by atoms with Crippen LogP contribution in [0.4, 0.5) is 20.2 Å². The molecule has 0 bridgehead atoms. The van der Waals surface area contributed by atoms with Crippen molar-refractivity contribution in [2.75, 3.05) is 36.5 Å². The Morgan fingerprint density at radius 3 is 2.53 bits per heavy atom. The topological polar surface area (TPSA) is 100 Å². The van der Waals surface area contributed by atoms with Crippen molar-refractivity contribution in [2.45, 2.75) is 50.4 Å². The maximum Gasteiger partial charge on any atom is 0.387 e. The zero-order chi connectivity index (χ0) is 26.8. The monoisotopic (exact) mass is 568 g/mol. The molecule has 1 aromatic carbocycles. The zero-order valence-electron chi connectivity index (χ0n) is 20.3. The van der Waals surface area contributed by atoms with Crippen LogP contribution in [0.5, 0.6) is 5.75 Å². The van der Waals surface area contributed by atoms with E-state index < -0.39 is 18.6 Å². The first-order valence-corrected chi connectivity index (χ1v) is 13.6. The third-order valence-electron chi connectivity index (χ3n) is 6.59. The van der Waals surface area contributed by atoms with Crippen LogP contribution in [-0.2, 0) is 14.3 Å². The second-order valence-corrected chi connectivity index (χ2v) is 11.1. The number of carbonyl (C=O) groups is 3. The molecular formula is C25H27ClF2N4O5S. The van der Waals surface area contributed by atoms with Gasteiger partial charge in [0.25, 0.3) is 11.8 Å². The van der Waals surface area contributed by atoms with Gasteiger partial charge in [0.1, 0.15) is 12.6 Å². The molecule has 2 aliphatic carbocycles. The number of halogens is 3. The minimum atomic E-state index is -3.14. The van der Waals surface area contributed by atoms with Crippen LogP contribution in [0.25, 0.3) is 0 Å². The Balaban J connectivity index is 1.36. The lowest BCUT2D eigenvalue weighted by Gasteiger charge is -2.31. The molecule has 5 rings (SSSR count). The number of nitrogens with zero attached hydrogens (tertiary/aromatic N) is 2. The highest BCUT2D eigenvalue weighted by molar-refractivity contribution is 7.18. The lowest BCUT2D eigenvalue weighted by atomic mass is 10.1. The normalized spacial score (nSPS) is 18.6. The molecule has 38 heavy (non-hydrogen) atoms. The molecule has 1 atom stereocenters. The minimum absolute atomic E-state index is 0.0403. The number of rotatable bonds is 11. The van der Waals surface area contributed by atoms with Gasteiger partial charge in [-0.3, -0.25) is 19.3 Å². The summed E-state index contributed by atoms with van der Waals surface area (Å²) in [5.41, 5.74) is 0.413. The third kappa shape index (κ3) is 6.42. The number of thiophene rings is 1. The molecule has 1 aromatic heterocycles. The summed E-state index contributed by atoms with van der Waals surface area (Å²) in [7, 11) is 0. The van der Waals surface area contributed by atoms with E-state index in [1.54, 1.807) is 18.2 Å². The van der Waals surface area contributed by atoms with E-state index in [1.165, 1.54) is 17.0 Å². The molecule has 3 aliphatic rings. The zero-order valence-corrected chi connectivity index (χ0v) is 21.9. The maximum atomic E-state index is 13.6. The van der Waals surface area contributed by atoms with Gasteiger partial charge in [-0.2, -0.15) is 8.78 Å². The Hall–Kier alpha value is -2.80. The SMILES string of the molecule is O=C(NC[C@H](C(=O)Nc1ccc(N2CCOCC2=O)cc1OC(F)F)N(C1CC1)C1CC1)c1ccc(Cl)s1. The first kappa shape index (κ1) is 26.8. The summed E-state index contributed by atoms with van der Waals surface area (Å²) in [5.74, 6) is -1.34. The molecule has 2 N–H and O–H groups in total. The van der Waals surface area contributed by atoms with E-state index in [-0.39, 0.29) is 55.0 Å². The molecule has 204 valence electrons. The predicted molar refractivity (Wildman–Crippen MR) is 138 cm³/mol. The summed E-state index contributed by atoms with van der Waals surface area (Å²) in [6.07, 6.45) is 3.82. The lowest BCUT2D eigenvalue weighted by Crippen LogP contribution is -2.52. The van der Waals surface area contributed by atoms with Crippen LogP contribution < -0.4 is 20.3 Å². The van der Waals surface area contributed by atoms with Crippen LogP contribution >= 0.6 is 22.9 Å². The van der Waals surface area contributed by atoms with Crippen LogP contribution in [0.1, 0.15) is 35.4 Å². The smallest absolute Gasteiger partial charge is 0.387 e. The number of carbonyl (C=O) groups excluding carboxylic acids is 3. The van der Waals surface area contributed by atoms with E-state index in [2.05, 4.69) is 15.5 Å².